The molecule has 1 aromatic carbocycles. The van der Waals surface area contributed by atoms with E-state index < -0.39 is 0 Å². The Kier molecular flexibility index (Phi) is 8.82. The summed E-state index contributed by atoms with van der Waals surface area (Å²) >= 11 is 0. The van der Waals surface area contributed by atoms with E-state index in [4.69, 9.17) is 0 Å². The predicted molar refractivity (Wildman–Crippen MR) is 154 cm³/mol. The van der Waals surface area contributed by atoms with Crippen LogP contribution in [0.15, 0.2) is 41.5 Å². The van der Waals surface area contributed by atoms with E-state index in [0.717, 1.165) is 12.8 Å². The zero-order chi connectivity index (χ0) is 26.1. The van der Waals surface area contributed by atoms with Crippen LogP contribution >= 0.6 is 0 Å². The van der Waals surface area contributed by atoms with Gasteiger partial charge in [-0.3, -0.25) is 0 Å². The summed E-state index contributed by atoms with van der Waals surface area (Å²) in [6, 6.07) is 7.58. The van der Waals surface area contributed by atoms with Gasteiger partial charge in [-0.2, -0.15) is 0 Å². The summed E-state index contributed by atoms with van der Waals surface area (Å²) in [7, 11) is 0. The summed E-state index contributed by atoms with van der Waals surface area (Å²) in [6.07, 6.45) is 11.1. The van der Waals surface area contributed by atoms with Crippen LogP contribution in [0.3, 0.4) is 0 Å². The number of hydrogen-bond acceptors (Lipinski definition) is 0. The standard InChI is InChI=1S/C34H56/c1-14-31(6,7)27-18-25(19-28(22-27)32(8,9)15-2)24(5)26-20-29(33(10,11)16-3)23-30(21-26)34(12,13)17-4/h18-20,22-24,30H,14-17,21H2,1-13H3. The van der Waals surface area contributed by atoms with E-state index in [1.165, 1.54) is 36.0 Å². The van der Waals surface area contributed by atoms with Crippen LogP contribution in [0.4, 0.5) is 0 Å². The van der Waals surface area contributed by atoms with Gasteiger partial charge >= 0.3 is 0 Å². The first-order chi connectivity index (χ1) is 15.5. The highest BCUT2D eigenvalue weighted by molar-refractivity contribution is 5.44. The van der Waals surface area contributed by atoms with Crippen molar-refractivity contribution >= 4 is 0 Å². The maximum Gasteiger partial charge on any atom is 0.00234 e. The molecule has 0 saturated heterocycles. The molecule has 0 nitrogen and oxygen atoms in total. The second-order valence-corrected chi connectivity index (χ2v) is 13.8. The summed E-state index contributed by atoms with van der Waals surface area (Å²) in [5.74, 6) is 1.04. The van der Waals surface area contributed by atoms with Crippen molar-refractivity contribution in [3.8, 4) is 0 Å². The van der Waals surface area contributed by atoms with Gasteiger partial charge in [0, 0.05) is 5.92 Å². The molecule has 34 heavy (non-hydrogen) atoms. The SMILES string of the molecule is CCC(C)(C)C1=CC(C(C)(C)CC)CC(C(C)c2cc(C(C)(C)CC)cc(C(C)(C)CC)c2)=C1. The first kappa shape index (κ1) is 28.9. The third-order valence-corrected chi connectivity index (χ3v) is 10.1. The fourth-order valence-corrected chi connectivity index (χ4v) is 4.83. The van der Waals surface area contributed by atoms with Crippen LogP contribution in [0.2, 0.25) is 0 Å². The molecule has 0 fully saturated rings. The van der Waals surface area contributed by atoms with Crippen molar-refractivity contribution in [1.82, 2.24) is 0 Å². The van der Waals surface area contributed by atoms with Crippen molar-refractivity contribution in [3.63, 3.8) is 0 Å². The van der Waals surface area contributed by atoms with Gasteiger partial charge in [-0.05, 0) is 75.5 Å². The Labute approximate surface area is 213 Å². The molecule has 0 aromatic heterocycles. The topological polar surface area (TPSA) is 0 Å². The van der Waals surface area contributed by atoms with Gasteiger partial charge in [0.15, 0.2) is 0 Å². The Morgan fingerprint density at radius 3 is 1.59 bits per heavy atom. The molecule has 2 rings (SSSR count). The fraction of sp³-hybridized carbons (Fsp3) is 0.706. The molecule has 1 aliphatic rings. The third-order valence-electron chi connectivity index (χ3n) is 10.1. The van der Waals surface area contributed by atoms with Gasteiger partial charge in [-0.15, -0.1) is 0 Å². The minimum Gasteiger partial charge on any atom is -0.0768 e. The van der Waals surface area contributed by atoms with E-state index in [1.54, 1.807) is 11.1 Å². The molecule has 0 radical (unpaired) electrons. The lowest BCUT2D eigenvalue weighted by Gasteiger charge is -2.39. The van der Waals surface area contributed by atoms with E-state index in [-0.39, 0.29) is 16.2 Å². The largest absolute Gasteiger partial charge is 0.0768 e. The van der Waals surface area contributed by atoms with Crippen molar-refractivity contribution < 1.29 is 0 Å². The van der Waals surface area contributed by atoms with E-state index in [9.17, 15) is 0 Å². The predicted octanol–water partition coefficient (Wildman–Crippen LogP) is 10.9. The van der Waals surface area contributed by atoms with Crippen LogP contribution in [0, 0.1) is 16.7 Å². The summed E-state index contributed by atoms with van der Waals surface area (Å²) < 4.78 is 0. The number of benzene rings is 1. The third kappa shape index (κ3) is 6.09. The van der Waals surface area contributed by atoms with Gasteiger partial charge in [0.05, 0.1) is 0 Å². The lowest BCUT2D eigenvalue weighted by Crippen LogP contribution is -2.27. The summed E-state index contributed by atoms with van der Waals surface area (Å²) in [4.78, 5) is 0. The molecule has 0 heterocycles. The summed E-state index contributed by atoms with van der Waals surface area (Å²) in [5, 5.41) is 0. The lowest BCUT2D eigenvalue weighted by atomic mass is 9.65. The first-order valence-corrected chi connectivity index (χ1v) is 14.1. The number of hydrogen-bond donors (Lipinski definition) is 0. The highest BCUT2D eigenvalue weighted by Gasteiger charge is 2.34. The van der Waals surface area contributed by atoms with Crippen LogP contribution in [-0.2, 0) is 10.8 Å². The van der Waals surface area contributed by atoms with Crippen molar-refractivity contribution in [2.24, 2.45) is 16.7 Å². The molecule has 192 valence electrons. The Hall–Kier alpha value is -1.30. The molecular formula is C34H56. The Morgan fingerprint density at radius 2 is 1.18 bits per heavy atom. The molecule has 0 amide bonds. The van der Waals surface area contributed by atoms with E-state index in [1.807, 2.05) is 0 Å². The van der Waals surface area contributed by atoms with E-state index in [0.29, 0.717) is 17.3 Å². The van der Waals surface area contributed by atoms with Gasteiger partial charge in [0.25, 0.3) is 0 Å². The fourth-order valence-electron chi connectivity index (χ4n) is 4.83. The average Bonchev–Trinajstić information content (AvgIpc) is 2.82. The average molecular weight is 465 g/mol. The van der Waals surface area contributed by atoms with Crippen LogP contribution < -0.4 is 0 Å². The molecule has 0 N–H and O–H groups in total. The second-order valence-electron chi connectivity index (χ2n) is 13.8. The summed E-state index contributed by atoms with van der Waals surface area (Å²) in [6.45, 7) is 31.2. The molecule has 2 unspecified atom stereocenters. The normalized spacial score (nSPS) is 19.0. The minimum absolute atomic E-state index is 0.192. The van der Waals surface area contributed by atoms with Gasteiger partial charge in [0.1, 0.15) is 0 Å². The molecular weight excluding hydrogens is 408 g/mol. The van der Waals surface area contributed by atoms with Gasteiger partial charge in [-0.1, -0.05) is 132 Å². The molecule has 0 saturated carbocycles. The number of allylic oxidation sites excluding steroid dienone is 4. The van der Waals surface area contributed by atoms with Crippen molar-refractivity contribution in [2.75, 3.05) is 0 Å². The van der Waals surface area contributed by atoms with Crippen molar-refractivity contribution in [3.05, 3.63) is 58.2 Å². The molecule has 1 aliphatic carbocycles. The quantitative estimate of drug-likeness (QED) is 0.323. The minimum atomic E-state index is 0.192. The van der Waals surface area contributed by atoms with E-state index in [2.05, 4.69) is 120 Å². The zero-order valence-corrected chi connectivity index (χ0v) is 25.1. The maximum absolute atomic E-state index is 2.63. The monoisotopic (exact) mass is 464 g/mol. The van der Waals surface area contributed by atoms with Gasteiger partial charge in [-0.25, -0.2) is 0 Å². The molecule has 0 aliphatic heterocycles. The smallest absolute Gasteiger partial charge is 0.00234 e. The van der Waals surface area contributed by atoms with Crippen LogP contribution in [-0.4, -0.2) is 0 Å². The zero-order valence-electron chi connectivity index (χ0n) is 25.1. The van der Waals surface area contributed by atoms with Crippen LogP contribution in [0.5, 0.6) is 0 Å². The highest BCUT2D eigenvalue weighted by atomic mass is 14.4. The number of rotatable bonds is 10. The first-order valence-electron chi connectivity index (χ1n) is 14.1. The van der Waals surface area contributed by atoms with Gasteiger partial charge in [0.2, 0.25) is 0 Å². The second kappa shape index (κ2) is 10.4. The molecule has 1 aromatic rings. The Morgan fingerprint density at radius 1 is 0.706 bits per heavy atom. The van der Waals surface area contributed by atoms with Crippen LogP contribution in [0.1, 0.15) is 145 Å². The lowest BCUT2D eigenvalue weighted by molar-refractivity contribution is 0.239. The highest BCUT2D eigenvalue weighted by Crippen LogP contribution is 2.47. The molecule has 2 atom stereocenters. The summed E-state index contributed by atoms with van der Waals surface area (Å²) in [5.41, 5.74) is 8.60. The molecule has 0 bridgehead atoms. The van der Waals surface area contributed by atoms with Crippen molar-refractivity contribution in [1.29, 1.82) is 0 Å². The Balaban J connectivity index is 2.66. The van der Waals surface area contributed by atoms with E-state index >= 15 is 0 Å². The van der Waals surface area contributed by atoms with Crippen molar-refractivity contribution in [2.45, 2.75) is 139 Å². The molecule has 0 heteroatoms. The Bertz CT molecular complexity index is 866. The molecule has 0 spiro atoms. The van der Waals surface area contributed by atoms with Crippen LogP contribution in [0.25, 0.3) is 0 Å². The van der Waals surface area contributed by atoms with Gasteiger partial charge < -0.3 is 0 Å². The maximum atomic E-state index is 2.63.